The standard InChI is InChI=1S/C59H101N5O27/c1-7-8-9-10-11-12-13-14-15-16-17-18-19-20-21-22-40(75)64-43-47(77)46(76)39(27-82-34(6)73)87-56(43)88-53-38(26-67)86-57(45(50(53)80)63-33(5)72)89-52-37(25-66)85-55(44(49(52)79)62-32(4)71)83-29-59(28-68)23-35(74)41(60-30(2)69)58(91-59)90-51-36(24-65)84-54(81)42(48(51)78)61-31(3)70/h12-13,35-39,41-58,65-68,74,76-81H,7-11,14-29H2,1-6H3,(H,60,69)(H,61,70)(H,62,71)(H,63,72)(H,64,75)/b13-12-/t35?,36?,37?,38?,39?,41?,42?,43?,44?,45?,46-,47?,48?,49?,50?,51-,52-,53-,54-,55-,56+,57+,58-,59?/m1/s1. The zero-order chi connectivity index (χ0) is 67.1. The Morgan fingerprint density at radius 1 is 0.484 bits per heavy atom. The number of carbonyl (C=O) groups is 6. The van der Waals surface area contributed by atoms with Gasteiger partial charge >= 0.3 is 5.97 Å². The zero-order valence-electron chi connectivity index (χ0n) is 52.7. The number of aliphatic hydroxyl groups excluding tert-OH is 11. The van der Waals surface area contributed by atoms with E-state index in [0.29, 0.717) is 6.42 Å². The molecule has 5 heterocycles. The van der Waals surface area contributed by atoms with Gasteiger partial charge in [0.2, 0.25) is 29.5 Å². The third kappa shape index (κ3) is 22.7. The first kappa shape index (κ1) is 77.5. The van der Waals surface area contributed by atoms with Gasteiger partial charge in [0.25, 0.3) is 0 Å². The van der Waals surface area contributed by atoms with Crippen LogP contribution in [0.15, 0.2) is 12.2 Å². The number of aliphatic hydroxyl groups is 11. The van der Waals surface area contributed by atoms with Crippen molar-refractivity contribution in [2.24, 2.45) is 0 Å². The van der Waals surface area contributed by atoms with Crippen molar-refractivity contribution in [3.05, 3.63) is 12.2 Å². The van der Waals surface area contributed by atoms with Crippen molar-refractivity contribution in [2.45, 2.75) is 284 Å². The molecule has 5 fully saturated rings. The van der Waals surface area contributed by atoms with E-state index in [1.54, 1.807) is 0 Å². The molecule has 0 spiro atoms. The summed E-state index contributed by atoms with van der Waals surface area (Å²) in [5, 5.41) is 136. The van der Waals surface area contributed by atoms with Gasteiger partial charge in [-0.05, 0) is 32.1 Å². The van der Waals surface area contributed by atoms with Crippen molar-refractivity contribution in [2.75, 3.05) is 39.6 Å². The highest BCUT2D eigenvalue weighted by atomic mass is 16.8. The van der Waals surface area contributed by atoms with Crippen molar-refractivity contribution in [3.8, 4) is 0 Å². The molecule has 5 aliphatic rings. The van der Waals surface area contributed by atoms with Crippen molar-refractivity contribution in [1.82, 2.24) is 26.6 Å². The summed E-state index contributed by atoms with van der Waals surface area (Å²) >= 11 is 0. The molecule has 24 atom stereocenters. The predicted molar refractivity (Wildman–Crippen MR) is 312 cm³/mol. The lowest BCUT2D eigenvalue weighted by Gasteiger charge is -2.51. The minimum Gasteiger partial charge on any atom is -0.463 e. The third-order valence-corrected chi connectivity index (χ3v) is 16.5. The molecule has 0 aromatic rings. The first-order valence-corrected chi connectivity index (χ1v) is 31.6. The molecule has 0 aromatic carbocycles. The molecule has 5 saturated heterocycles. The molecule has 91 heavy (non-hydrogen) atoms. The zero-order valence-corrected chi connectivity index (χ0v) is 52.7. The average molecular weight is 1310 g/mol. The number of rotatable bonds is 35. The fraction of sp³-hybridized carbons (Fsp3) is 0.864. The molecule has 0 bridgehead atoms. The first-order valence-electron chi connectivity index (χ1n) is 31.6. The largest absolute Gasteiger partial charge is 0.463 e. The van der Waals surface area contributed by atoms with E-state index >= 15 is 0 Å². The van der Waals surface area contributed by atoms with Crippen LogP contribution < -0.4 is 26.6 Å². The Bertz CT molecular complexity index is 2280. The normalized spacial score (nSPS) is 36.9. The van der Waals surface area contributed by atoms with E-state index in [-0.39, 0.29) is 6.42 Å². The maximum atomic E-state index is 13.5. The summed E-state index contributed by atoms with van der Waals surface area (Å²) in [7, 11) is 0. The van der Waals surface area contributed by atoms with Crippen molar-refractivity contribution < 1.29 is 132 Å². The molecule has 32 heteroatoms. The number of carbonyl (C=O) groups excluding carboxylic acids is 6. The third-order valence-electron chi connectivity index (χ3n) is 16.5. The smallest absolute Gasteiger partial charge is 0.302 e. The van der Waals surface area contributed by atoms with Gasteiger partial charge in [0.1, 0.15) is 116 Å². The fourth-order valence-electron chi connectivity index (χ4n) is 11.8. The molecule has 0 saturated carbocycles. The van der Waals surface area contributed by atoms with Crippen LogP contribution in [-0.2, 0) is 76.1 Å². The predicted octanol–water partition coefficient (Wildman–Crippen LogP) is -4.23. The quantitative estimate of drug-likeness (QED) is 0.0162. The van der Waals surface area contributed by atoms with Gasteiger partial charge in [0.05, 0.1) is 39.1 Å². The summed E-state index contributed by atoms with van der Waals surface area (Å²) in [5.41, 5.74) is -2.03. The van der Waals surface area contributed by atoms with Gasteiger partial charge in [-0.15, -0.1) is 0 Å². The first-order chi connectivity index (χ1) is 43.3. The van der Waals surface area contributed by atoms with Crippen LogP contribution in [-0.4, -0.2) is 278 Å². The van der Waals surface area contributed by atoms with Crippen LogP contribution in [0.2, 0.25) is 0 Å². The second-order valence-corrected chi connectivity index (χ2v) is 24.0. The summed E-state index contributed by atoms with van der Waals surface area (Å²) in [6.07, 6.45) is -14.0. The van der Waals surface area contributed by atoms with Crippen molar-refractivity contribution in [1.29, 1.82) is 0 Å². The molecule has 16 N–H and O–H groups in total. The second-order valence-electron chi connectivity index (χ2n) is 24.0. The summed E-state index contributed by atoms with van der Waals surface area (Å²) < 4.78 is 59.6. The Labute approximate surface area is 529 Å². The van der Waals surface area contributed by atoms with E-state index in [0.717, 1.165) is 86.0 Å². The summed E-state index contributed by atoms with van der Waals surface area (Å²) in [5.74, 6) is -4.25. The molecule has 0 aromatic heterocycles. The van der Waals surface area contributed by atoms with Gasteiger partial charge in [-0.1, -0.05) is 70.4 Å². The van der Waals surface area contributed by atoms with Gasteiger partial charge in [-0.3, -0.25) is 28.8 Å². The topological polar surface area (TPSA) is 477 Å². The summed E-state index contributed by atoms with van der Waals surface area (Å²) in [6.45, 7) is 2.47. The minimum absolute atomic E-state index is 0.0125. The van der Waals surface area contributed by atoms with E-state index in [9.17, 15) is 84.9 Å². The molecular formula is C59H101N5O27. The molecule has 5 aliphatic heterocycles. The van der Waals surface area contributed by atoms with E-state index in [4.69, 9.17) is 47.4 Å². The number of esters is 1. The van der Waals surface area contributed by atoms with Crippen molar-refractivity contribution >= 4 is 35.5 Å². The van der Waals surface area contributed by atoms with Crippen LogP contribution in [0.4, 0.5) is 0 Å². The fourth-order valence-corrected chi connectivity index (χ4v) is 11.8. The highest BCUT2D eigenvalue weighted by Crippen LogP contribution is 2.37. The van der Waals surface area contributed by atoms with Gasteiger partial charge in [-0.2, -0.15) is 0 Å². The lowest BCUT2D eigenvalue weighted by atomic mass is 9.89. The van der Waals surface area contributed by atoms with Gasteiger partial charge in [0.15, 0.2) is 31.5 Å². The SMILES string of the molecule is CCCCCC/C=C\CCCCCCCCCC(=O)NC1C(O)[C@H](O)C(COC(C)=O)O[C@H]1O[C@@H]1C(CO)O[C@@H](O[C@@H]2C(CO)O[C@@H](OCC3(CO)CC(O)C(NC(C)=O)[C@H](O[C@@H]4C(CO)O[C@@H](O)C(NC(C)=O)C4O)O3)C(NC(C)=O)C2O)C(NC(C)=O)C1O. The van der Waals surface area contributed by atoms with E-state index in [2.05, 4.69) is 45.7 Å². The monoisotopic (exact) mass is 1310 g/mol. The van der Waals surface area contributed by atoms with Crippen LogP contribution in [0.1, 0.15) is 138 Å². The Kier molecular flexibility index (Phi) is 32.6. The molecular weight excluding hydrogens is 1210 g/mol. The number of hydrogen-bond acceptors (Lipinski definition) is 27. The Morgan fingerprint density at radius 3 is 1.42 bits per heavy atom. The number of hydrogen-bond donors (Lipinski definition) is 16. The second kappa shape index (κ2) is 38.3. The van der Waals surface area contributed by atoms with Crippen LogP contribution >= 0.6 is 0 Å². The van der Waals surface area contributed by atoms with Crippen LogP contribution in [0.5, 0.6) is 0 Å². The van der Waals surface area contributed by atoms with Crippen LogP contribution in [0.25, 0.3) is 0 Å². The van der Waals surface area contributed by atoms with E-state index < -0.39 is 228 Å². The Hall–Kier alpha value is -4.24. The van der Waals surface area contributed by atoms with Gasteiger partial charge < -0.3 is 130 Å². The van der Waals surface area contributed by atoms with Gasteiger partial charge in [-0.25, -0.2) is 0 Å². The molecule has 0 radical (unpaired) electrons. The number of ether oxygens (including phenoxy) is 10. The van der Waals surface area contributed by atoms with E-state index in [1.807, 2.05) is 0 Å². The minimum atomic E-state index is -2.03. The Morgan fingerprint density at radius 2 is 0.912 bits per heavy atom. The molecule has 5 amide bonds. The molecule has 0 aliphatic carbocycles. The number of nitrogens with one attached hydrogen (secondary N) is 5. The lowest BCUT2D eigenvalue weighted by molar-refractivity contribution is -0.360. The highest BCUT2D eigenvalue weighted by molar-refractivity contribution is 5.76. The maximum Gasteiger partial charge on any atom is 0.302 e. The molecule has 524 valence electrons. The van der Waals surface area contributed by atoms with E-state index in [1.165, 1.54) is 25.7 Å². The van der Waals surface area contributed by atoms with Gasteiger partial charge in [0, 0.05) is 47.5 Å². The highest BCUT2D eigenvalue weighted by Gasteiger charge is 2.57. The van der Waals surface area contributed by atoms with Crippen LogP contribution in [0, 0.1) is 0 Å². The number of amides is 5. The molecule has 5 rings (SSSR count). The summed E-state index contributed by atoms with van der Waals surface area (Å²) in [4.78, 5) is 75.4. The lowest BCUT2D eigenvalue weighted by Crippen LogP contribution is -2.71. The number of unbranched alkanes of at least 4 members (excludes halogenated alkanes) is 11. The maximum absolute atomic E-state index is 13.5. The Balaban J connectivity index is 1.30. The van der Waals surface area contributed by atoms with Crippen LogP contribution in [0.3, 0.4) is 0 Å². The number of allylic oxidation sites excluding steroid dienone is 2. The van der Waals surface area contributed by atoms with Crippen molar-refractivity contribution in [3.63, 3.8) is 0 Å². The molecule has 32 nitrogen and oxygen atoms in total. The molecule has 15 unspecified atom stereocenters. The average Bonchev–Trinajstić information content (AvgIpc) is 0.892. The summed E-state index contributed by atoms with van der Waals surface area (Å²) in [6, 6.07) is -7.86.